The lowest BCUT2D eigenvalue weighted by Crippen LogP contribution is -2.19. The van der Waals surface area contributed by atoms with Gasteiger partial charge in [-0.15, -0.1) is 0 Å². The van der Waals surface area contributed by atoms with E-state index in [0.717, 1.165) is 5.75 Å². The summed E-state index contributed by atoms with van der Waals surface area (Å²) < 4.78 is 5.71. The molecular weight excluding hydrogens is 288 g/mol. The Morgan fingerprint density at radius 3 is 2.30 bits per heavy atom. The number of hydrogen-bond acceptors (Lipinski definition) is 3. The highest BCUT2D eigenvalue weighted by molar-refractivity contribution is 6.14. The van der Waals surface area contributed by atoms with Crippen molar-refractivity contribution in [1.82, 2.24) is 0 Å². The summed E-state index contributed by atoms with van der Waals surface area (Å²) in [6.07, 6.45) is 4.84. The van der Waals surface area contributed by atoms with Crippen LogP contribution in [0.1, 0.15) is 17.3 Å². The van der Waals surface area contributed by atoms with E-state index in [2.05, 4.69) is 0 Å². The molecule has 0 fully saturated rings. The number of allylic oxidation sites excluding steroid dienone is 4. The fraction of sp³-hybridized carbons (Fsp3) is 0.100. The van der Waals surface area contributed by atoms with Gasteiger partial charge in [0.25, 0.3) is 0 Å². The molecule has 0 bridgehead atoms. The van der Waals surface area contributed by atoms with Crippen molar-refractivity contribution in [3.05, 3.63) is 84.0 Å². The topological polar surface area (TPSA) is 43.4 Å². The van der Waals surface area contributed by atoms with Crippen molar-refractivity contribution in [2.24, 2.45) is 5.92 Å². The standard InChI is InChI=1S/C20H16O3/c1-14-18(8-5-9-19(14)21)20(22)15-10-12-17(13-11-15)23-16-6-3-2-4-7-16/h2-14H,1H3. The van der Waals surface area contributed by atoms with Gasteiger partial charge >= 0.3 is 0 Å². The number of benzene rings is 2. The smallest absolute Gasteiger partial charge is 0.189 e. The molecule has 0 heterocycles. The molecule has 1 aliphatic rings. The van der Waals surface area contributed by atoms with Gasteiger partial charge in [-0.2, -0.15) is 0 Å². The molecule has 0 saturated carbocycles. The molecule has 3 rings (SSSR count). The minimum Gasteiger partial charge on any atom is -0.457 e. The van der Waals surface area contributed by atoms with Crippen molar-refractivity contribution in [2.45, 2.75) is 6.92 Å². The third-order valence-electron chi connectivity index (χ3n) is 3.79. The van der Waals surface area contributed by atoms with E-state index in [1.807, 2.05) is 30.3 Å². The first-order valence-electron chi connectivity index (χ1n) is 7.45. The maximum absolute atomic E-state index is 12.5. The van der Waals surface area contributed by atoms with E-state index >= 15 is 0 Å². The number of para-hydroxylation sites is 1. The van der Waals surface area contributed by atoms with Crippen LogP contribution in [0.2, 0.25) is 0 Å². The fourth-order valence-corrected chi connectivity index (χ4v) is 2.43. The van der Waals surface area contributed by atoms with Gasteiger partial charge in [0.15, 0.2) is 11.6 Å². The van der Waals surface area contributed by atoms with Crippen molar-refractivity contribution in [1.29, 1.82) is 0 Å². The summed E-state index contributed by atoms with van der Waals surface area (Å²) in [5.74, 6) is 0.842. The molecule has 2 aromatic rings. The lowest BCUT2D eigenvalue weighted by atomic mass is 9.87. The Labute approximate surface area is 134 Å². The average Bonchev–Trinajstić information content (AvgIpc) is 2.58. The third kappa shape index (κ3) is 3.29. The molecule has 1 aliphatic carbocycles. The number of carbonyl (C=O) groups excluding carboxylic acids is 2. The number of hydrogen-bond donors (Lipinski definition) is 0. The molecule has 0 aliphatic heterocycles. The lowest BCUT2D eigenvalue weighted by molar-refractivity contribution is -0.116. The Morgan fingerprint density at radius 1 is 0.957 bits per heavy atom. The summed E-state index contributed by atoms with van der Waals surface area (Å²) in [6.45, 7) is 1.75. The first kappa shape index (κ1) is 15.0. The number of carbonyl (C=O) groups is 2. The summed E-state index contributed by atoms with van der Waals surface area (Å²) in [4.78, 5) is 24.2. The number of ketones is 2. The van der Waals surface area contributed by atoms with Crippen LogP contribution in [0.4, 0.5) is 0 Å². The van der Waals surface area contributed by atoms with E-state index in [9.17, 15) is 9.59 Å². The van der Waals surface area contributed by atoms with E-state index in [1.165, 1.54) is 6.08 Å². The van der Waals surface area contributed by atoms with Gasteiger partial charge in [-0.25, -0.2) is 0 Å². The van der Waals surface area contributed by atoms with E-state index < -0.39 is 5.92 Å². The molecule has 0 N–H and O–H groups in total. The van der Waals surface area contributed by atoms with Crippen molar-refractivity contribution < 1.29 is 14.3 Å². The van der Waals surface area contributed by atoms with Crippen LogP contribution in [0.15, 0.2) is 78.4 Å². The molecule has 0 aromatic heterocycles. The van der Waals surface area contributed by atoms with Crippen molar-refractivity contribution in [2.75, 3.05) is 0 Å². The molecule has 2 aromatic carbocycles. The van der Waals surface area contributed by atoms with Gasteiger partial charge in [0.1, 0.15) is 11.5 Å². The molecule has 0 amide bonds. The maximum Gasteiger partial charge on any atom is 0.189 e. The van der Waals surface area contributed by atoms with Crippen LogP contribution in [0.5, 0.6) is 11.5 Å². The molecule has 3 nitrogen and oxygen atoms in total. The average molecular weight is 304 g/mol. The summed E-state index contributed by atoms with van der Waals surface area (Å²) in [5, 5.41) is 0. The SMILES string of the molecule is CC1C(=O)C=CC=C1C(=O)c1ccc(Oc2ccccc2)cc1. The highest BCUT2D eigenvalue weighted by Crippen LogP contribution is 2.25. The Kier molecular flexibility index (Phi) is 4.20. The van der Waals surface area contributed by atoms with Crippen LogP contribution in [-0.4, -0.2) is 11.6 Å². The predicted octanol–water partition coefficient (Wildman–Crippen LogP) is 4.36. The zero-order valence-corrected chi connectivity index (χ0v) is 12.7. The zero-order chi connectivity index (χ0) is 16.2. The van der Waals surface area contributed by atoms with E-state index in [4.69, 9.17) is 4.74 Å². The molecule has 0 radical (unpaired) electrons. The first-order valence-corrected chi connectivity index (χ1v) is 7.45. The molecule has 1 unspecified atom stereocenters. The number of ether oxygens (including phenoxy) is 1. The van der Waals surface area contributed by atoms with Gasteiger partial charge < -0.3 is 4.74 Å². The van der Waals surface area contributed by atoms with Gasteiger partial charge in [-0.3, -0.25) is 9.59 Å². The Balaban J connectivity index is 1.77. The van der Waals surface area contributed by atoms with Gasteiger partial charge in [0.05, 0.1) is 0 Å². The Hall–Kier alpha value is -2.94. The summed E-state index contributed by atoms with van der Waals surface area (Å²) in [5.41, 5.74) is 1.07. The summed E-state index contributed by atoms with van der Waals surface area (Å²) >= 11 is 0. The predicted molar refractivity (Wildman–Crippen MR) is 88.7 cm³/mol. The van der Waals surface area contributed by atoms with Crippen LogP contribution in [0, 0.1) is 5.92 Å². The van der Waals surface area contributed by atoms with Crippen LogP contribution in [0.3, 0.4) is 0 Å². The minimum absolute atomic E-state index is 0.0418. The maximum atomic E-state index is 12.5. The minimum atomic E-state index is -0.396. The molecule has 3 heteroatoms. The highest BCUT2D eigenvalue weighted by atomic mass is 16.5. The van der Waals surface area contributed by atoms with Crippen molar-refractivity contribution >= 4 is 11.6 Å². The normalized spacial score (nSPS) is 16.8. The van der Waals surface area contributed by atoms with Crippen LogP contribution >= 0.6 is 0 Å². The first-order chi connectivity index (χ1) is 11.1. The lowest BCUT2D eigenvalue weighted by Gasteiger charge is -2.15. The summed E-state index contributed by atoms with van der Waals surface area (Å²) in [7, 11) is 0. The monoisotopic (exact) mass is 304 g/mol. The molecule has 0 spiro atoms. The second kappa shape index (κ2) is 6.44. The Morgan fingerprint density at radius 2 is 1.61 bits per heavy atom. The van der Waals surface area contributed by atoms with Crippen molar-refractivity contribution in [3.8, 4) is 11.5 Å². The van der Waals surface area contributed by atoms with Gasteiger partial charge in [-0.1, -0.05) is 37.3 Å². The number of Topliss-reactive ketones (excluding diaryl/α,β-unsaturated/α-hetero) is 1. The van der Waals surface area contributed by atoms with Gasteiger partial charge in [-0.05, 0) is 42.5 Å². The second-order valence-corrected chi connectivity index (χ2v) is 5.37. The van der Waals surface area contributed by atoms with Crippen molar-refractivity contribution in [3.63, 3.8) is 0 Å². The summed E-state index contributed by atoms with van der Waals surface area (Å²) in [6, 6.07) is 16.4. The zero-order valence-electron chi connectivity index (χ0n) is 12.7. The van der Waals surface area contributed by atoms with Gasteiger partial charge in [0, 0.05) is 17.1 Å². The largest absolute Gasteiger partial charge is 0.457 e. The fourth-order valence-electron chi connectivity index (χ4n) is 2.43. The number of rotatable bonds is 4. The quantitative estimate of drug-likeness (QED) is 0.788. The molecule has 114 valence electrons. The Bertz CT molecular complexity index is 783. The van der Waals surface area contributed by atoms with E-state index in [0.29, 0.717) is 16.9 Å². The van der Waals surface area contributed by atoms with Crippen LogP contribution in [0.25, 0.3) is 0 Å². The second-order valence-electron chi connectivity index (χ2n) is 5.37. The molecular formula is C20H16O3. The molecule has 23 heavy (non-hydrogen) atoms. The van der Waals surface area contributed by atoms with E-state index in [-0.39, 0.29) is 11.6 Å². The third-order valence-corrected chi connectivity index (χ3v) is 3.79. The molecule has 1 atom stereocenters. The van der Waals surface area contributed by atoms with Crippen LogP contribution < -0.4 is 4.74 Å². The van der Waals surface area contributed by atoms with E-state index in [1.54, 1.807) is 43.3 Å². The van der Waals surface area contributed by atoms with Crippen LogP contribution in [-0.2, 0) is 4.79 Å². The highest BCUT2D eigenvalue weighted by Gasteiger charge is 2.24. The molecule has 0 saturated heterocycles. The van der Waals surface area contributed by atoms with Gasteiger partial charge in [0.2, 0.25) is 0 Å².